The molecule has 0 fully saturated rings. The van der Waals surface area contributed by atoms with Crippen LogP contribution in [0.5, 0.6) is 0 Å². The summed E-state index contributed by atoms with van der Waals surface area (Å²) >= 11 is 0. The van der Waals surface area contributed by atoms with E-state index in [-0.39, 0.29) is 0 Å². The van der Waals surface area contributed by atoms with Crippen LogP contribution in [0.25, 0.3) is 0 Å². The summed E-state index contributed by atoms with van der Waals surface area (Å²) in [6.07, 6.45) is 2.47. The van der Waals surface area contributed by atoms with Crippen molar-refractivity contribution in [1.82, 2.24) is 4.90 Å². The minimum absolute atomic E-state index is 0.773. The van der Waals surface area contributed by atoms with Gasteiger partial charge in [-0.25, -0.2) is 0 Å². The molecule has 0 aliphatic heterocycles. The SMILES string of the molecule is CCCN(Cc1ccc(N)cc1)CC(C)CC. The van der Waals surface area contributed by atoms with Crippen LogP contribution in [-0.4, -0.2) is 18.0 Å². The second-order valence-corrected chi connectivity index (χ2v) is 4.99. The maximum absolute atomic E-state index is 5.70. The largest absolute Gasteiger partial charge is 0.399 e. The van der Waals surface area contributed by atoms with Crippen LogP contribution in [0.2, 0.25) is 0 Å². The Hall–Kier alpha value is -1.02. The Bertz CT molecular complexity index is 305. The van der Waals surface area contributed by atoms with E-state index in [1.807, 2.05) is 12.1 Å². The van der Waals surface area contributed by atoms with Gasteiger partial charge in [-0.2, -0.15) is 0 Å². The summed E-state index contributed by atoms with van der Waals surface area (Å²) in [6.45, 7) is 10.2. The van der Waals surface area contributed by atoms with Crippen LogP contribution in [-0.2, 0) is 6.54 Å². The molecule has 0 amide bonds. The highest BCUT2D eigenvalue weighted by Crippen LogP contribution is 2.12. The van der Waals surface area contributed by atoms with Gasteiger partial charge in [-0.15, -0.1) is 0 Å². The Morgan fingerprint density at radius 1 is 1.18 bits per heavy atom. The Morgan fingerprint density at radius 3 is 2.35 bits per heavy atom. The molecule has 0 saturated heterocycles. The molecule has 0 aliphatic rings. The molecule has 2 heteroatoms. The zero-order chi connectivity index (χ0) is 12.7. The number of hydrogen-bond donors (Lipinski definition) is 1. The van der Waals surface area contributed by atoms with Gasteiger partial charge in [-0.3, -0.25) is 4.90 Å². The van der Waals surface area contributed by atoms with Crippen LogP contribution in [0.4, 0.5) is 5.69 Å². The molecule has 1 rings (SSSR count). The fourth-order valence-corrected chi connectivity index (χ4v) is 2.00. The normalized spacial score (nSPS) is 12.9. The van der Waals surface area contributed by atoms with Gasteiger partial charge in [0.25, 0.3) is 0 Å². The van der Waals surface area contributed by atoms with E-state index in [9.17, 15) is 0 Å². The number of benzene rings is 1. The van der Waals surface area contributed by atoms with Crippen molar-refractivity contribution in [3.05, 3.63) is 29.8 Å². The Morgan fingerprint density at radius 2 is 1.82 bits per heavy atom. The van der Waals surface area contributed by atoms with E-state index in [0.717, 1.165) is 18.2 Å². The van der Waals surface area contributed by atoms with Gasteiger partial charge in [-0.05, 0) is 36.6 Å². The summed E-state index contributed by atoms with van der Waals surface area (Å²) in [5, 5.41) is 0. The molecule has 0 aromatic heterocycles. The maximum atomic E-state index is 5.70. The fraction of sp³-hybridized carbons (Fsp3) is 0.600. The second kappa shape index (κ2) is 7.33. The highest BCUT2D eigenvalue weighted by molar-refractivity contribution is 5.39. The first-order valence-electron chi connectivity index (χ1n) is 6.72. The topological polar surface area (TPSA) is 29.3 Å². The molecule has 0 heterocycles. The lowest BCUT2D eigenvalue weighted by Gasteiger charge is -2.24. The van der Waals surface area contributed by atoms with Crippen LogP contribution in [0, 0.1) is 5.92 Å². The minimum Gasteiger partial charge on any atom is -0.399 e. The summed E-state index contributed by atoms with van der Waals surface area (Å²) in [5.41, 5.74) is 7.91. The van der Waals surface area contributed by atoms with E-state index >= 15 is 0 Å². The van der Waals surface area contributed by atoms with Crippen molar-refractivity contribution in [3.63, 3.8) is 0 Å². The molecular weight excluding hydrogens is 208 g/mol. The number of nitrogen functional groups attached to an aromatic ring is 1. The van der Waals surface area contributed by atoms with Crippen molar-refractivity contribution in [1.29, 1.82) is 0 Å². The molecule has 0 spiro atoms. The summed E-state index contributed by atoms with van der Waals surface area (Å²) in [7, 11) is 0. The van der Waals surface area contributed by atoms with Gasteiger partial charge in [0, 0.05) is 18.8 Å². The van der Waals surface area contributed by atoms with Crippen LogP contribution >= 0.6 is 0 Å². The first-order valence-corrected chi connectivity index (χ1v) is 6.72. The minimum atomic E-state index is 0.773. The Labute approximate surface area is 106 Å². The third-order valence-electron chi connectivity index (χ3n) is 3.19. The van der Waals surface area contributed by atoms with Gasteiger partial charge >= 0.3 is 0 Å². The Balaban J connectivity index is 2.56. The molecule has 0 saturated carbocycles. The molecule has 2 N–H and O–H groups in total. The molecule has 1 aromatic rings. The zero-order valence-electron chi connectivity index (χ0n) is 11.4. The number of nitrogens with zero attached hydrogens (tertiary/aromatic N) is 1. The predicted molar refractivity (Wildman–Crippen MR) is 75.9 cm³/mol. The molecule has 1 unspecified atom stereocenters. The smallest absolute Gasteiger partial charge is 0.0314 e. The first-order chi connectivity index (χ1) is 8.15. The lowest BCUT2D eigenvalue weighted by atomic mass is 10.1. The van der Waals surface area contributed by atoms with E-state index in [1.54, 1.807) is 0 Å². The number of hydrogen-bond acceptors (Lipinski definition) is 2. The van der Waals surface area contributed by atoms with Gasteiger partial charge in [-0.1, -0.05) is 39.3 Å². The van der Waals surface area contributed by atoms with E-state index in [0.29, 0.717) is 0 Å². The molecule has 0 aliphatic carbocycles. The van der Waals surface area contributed by atoms with E-state index in [4.69, 9.17) is 5.73 Å². The molecule has 0 bridgehead atoms. The van der Waals surface area contributed by atoms with Crippen molar-refractivity contribution in [2.45, 2.75) is 40.2 Å². The number of anilines is 1. The zero-order valence-corrected chi connectivity index (χ0v) is 11.4. The second-order valence-electron chi connectivity index (χ2n) is 4.99. The average Bonchev–Trinajstić information content (AvgIpc) is 2.32. The molecule has 0 radical (unpaired) electrons. The van der Waals surface area contributed by atoms with Crippen LogP contribution in [0.1, 0.15) is 39.2 Å². The van der Waals surface area contributed by atoms with Crippen LogP contribution in [0.3, 0.4) is 0 Å². The van der Waals surface area contributed by atoms with Gasteiger partial charge in [0.1, 0.15) is 0 Å². The molecule has 2 nitrogen and oxygen atoms in total. The molecule has 1 aromatic carbocycles. The lowest BCUT2D eigenvalue weighted by Crippen LogP contribution is -2.28. The van der Waals surface area contributed by atoms with Crippen LogP contribution < -0.4 is 5.73 Å². The van der Waals surface area contributed by atoms with Gasteiger partial charge in [0.15, 0.2) is 0 Å². The summed E-state index contributed by atoms with van der Waals surface area (Å²) in [5.74, 6) is 0.773. The van der Waals surface area contributed by atoms with Crippen molar-refractivity contribution in [3.8, 4) is 0 Å². The van der Waals surface area contributed by atoms with E-state index in [2.05, 4.69) is 37.8 Å². The van der Waals surface area contributed by atoms with Gasteiger partial charge in [0.05, 0.1) is 0 Å². The number of rotatable bonds is 7. The van der Waals surface area contributed by atoms with Gasteiger partial charge < -0.3 is 5.73 Å². The third-order valence-corrected chi connectivity index (χ3v) is 3.19. The van der Waals surface area contributed by atoms with Crippen molar-refractivity contribution in [2.75, 3.05) is 18.8 Å². The highest BCUT2D eigenvalue weighted by Gasteiger charge is 2.08. The maximum Gasteiger partial charge on any atom is 0.0314 e. The highest BCUT2D eigenvalue weighted by atomic mass is 15.1. The lowest BCUT2D eigenvalue weighted by molar-refractivity contribution is 0.227. The Kier molecular flexibility index (Phi) is 6.06. The van der Waals surface area contributed by atoms with Crippen molar-refractivity contribution < 1.29 is 0 Å². The number of nitrogens with two attached hydrogens (primary N) is 1. The predicted octanol–water partition coefficient (Wildman–Crippen LogP) is 3.53. The molecule has 1 atom stereocenters. The molecule has 17 heavy (non-hydrogen) atoms. The summed E-state index contributed by atoms with van der Waals surface area (Å²) in [4.78, 5) is 2.54. The third kappa shape index (κ3) is 5.22. The fourth-order valence-electron chi connectivity index (χ4n) is 2.00. The summed E-state index contributed by atoms with van der Waals surface area (Å²) < 4.78 is 0. The van der Waals surface area contributed by atoms with Crippen LogP contribution in [0.15, 0.2) is 24.3 Å². The van der Waals surface area contributed by atoms with Crippen molar-refractivity contribution >= 4 is 5.69 Å². The monoisotopic (exact) mass is 234 g/mol. The molecule has 96 valence electrons. The standard InChI is InChI=1S/C15H26N2/c1-4-10-17(11-13(3)5-2)12-14-6-8-15(16)9-7-14/h6-9,13H,4-5,10-12,16H2,1-3H3. The van der Waals surface area contributed by atoms with E-state index in [1.165, 1.54) is 31.5 Å². The average molecular weight is 234 g/mol. The summed E-state index contributed by atoms with van der Waals surface area (Å²) in [6, 6.07) is 8.24. The van der Waals surface area contributed by atoms with Crippen molar-refractivity contribution in [2.24, 2.45) is 5.92 Å². The first kappa shape index (κ1) is 14.0. The molecular formula is C15H26N2. The quantitative estimate of drug-likeness (QED) is 0.731. The van der Waals surface area contributed by atoms with E-state index < -0.39 is 0 Å². The van der Waals surface area contributed by atoms with Gasteiger partial charge in [0.2, 0.25) is 0 Å².